The van der Waals surface area contributed by atoms with Gasteiger partial charge in [-0.25, -0.2) is 0 Å². The maximum atomic E-state index is 10.6. The summed E-state index contributed by atoms with van der Waals surface area (Å²) in [5.41, 5.74) is 1.43. The van der Waals surface area contributed by atoms with E-state index in [1.807, 2.05) is 7.05 Å². The molecule has 4 heteroatoms. The summed E-state index contributed by atoms with van der Waals surface area (Å²) >= 11 is 5.86. The van der Waals surface area contributed by atoms with Gasteiger partial charge in [0.15, 0.2) is 6.29 Å². The van der Waals surface area contributed by atoms with Gasteiger partial charge >= 0.3 is 0 Å². The van der Waals surface area contributed by atoms with Crippen molar-refractivity contribution in [3.8, 4) is 0 Å². The Bertz CT molecular complexity index is 476. The van der Waals surface area contributed by atoms with Gasteiger partial charge in [-0.2, -0.15) is 5.10 Å². The van der Waals surface area contributed by atoms with Crippen LogP contribution in [0, 0.1) is 0 Å². The number of hydrogen-bond donors (Lipinski definition) is 0. The summed E-state index contributed by atoms with van der Waals surface area (Å²) in [6.07, 6.45) is 2.45. The molecule has 1 aromatic carbocycles. The number of halogens is 1. The monoisotopic (exact) mass is 194 g/mol. The molecule has 0 unspecified atom stereocenters. The molecule has 1 aromatic heterocycles. The highest BCUT2D eigenvalue weighted by Crippen LogP contribution is 2.22. The largest absolute Gasteiger partial charge is 0.298 e. The second-order valence-electron chi connectivity index (χ2n) is 2.82. The highest BCUT2D eigenvalue weighted by Gasteiger charge is 2.04. The number of aromatic nitrogens is 2. The molecule has 0 radical (unpaired) electrons. The fourth-order valence-corrected chi connectivity index (χ4v) is 1.48. The highest BCUT2D eigenvalue weighted by atomic mass is 35.5. The zero-order valence-corrected chi connectivity index (χ0v) is 7.75. The minimum Gasteiger partial charge on any atom is -0.298 e. The van der Waals surface area contributed by atoms with E-state index in [1.54, 1.807) is 23.0 Å². The standard InChI is InChI=1S/C9H7ClN2O/c1-12-9-3-8(10)7(5-13)2-6(9)4-11-12/h2-5H,1H3. The van der Waals surface area contributed by atoms with Crippen molar-refractivity contribution in [1.82, 2.24) is 9.78 Å². The number of aryl methyl sites for hydroxylation is 1. The van der Waals surface area contributed by atoms with E-state index < -0.39 is 0 Å². The Labute approximate surface area is 79.9 Å². The number of benzene rings is 1. The lowest BCUT2D eigenvalue weighted by atomic mass is 10.2. The van der Waals surface area contributed by atoms with Crippen LogP contribution < -0.4 is 0 Å². The summed E-state index contributed by atoms with van der Waals surface area (Å²) in [5.74, 6) is 0. The quantitative estimate of drug-likeness (QED) is 0.652. The van der Waals surface area contributed by atoms with Crippen molar-refractivity contribution >= 4 is 28.8 Å². The second-order valence-corrected chi connectivity index (χ2v) is 3.23. The molecule has 0 saturated heterocycles. The molecule has 0 fully saturated rings. The van der Waals surface area contributed by atoms with Crippen LogP contribution in [-0.2, 0) is 7.05 Å². The number of aldehydes is 1. The van der Waals surface area contributed by atoms with Gasteiger partial charge in [0, 0.05) is 18.0 Å². The van der Waals surface area contributed by atoms with Gasteiger partial charge in [-0.15, -0.1) is 0 Å². The van der Waals surface area contributed by atoms with Gasteiger partial charge in [0.25, 0.3) is 0 Å². The molecule has 0 aliphatic rings. The molecule has 0 spiro atoms. The molecule has 0 aliphatic heterocycles. The summed E-state index contributed by atoms with van der Waals surface area (Å²) in [6, 6.07) is 3.48. The number of hydrogen-bond acceptors (Lipinski definition) is 2. The average Bonchev–Trinajstić information content (AvgIpc) is 2.47. The molecular formula is C9H7ClN2O. The molecular weight excluding hydrogens is 188 g/mol. The molecule has 66 valence electrons. The van der Waals surface area contributed by atoms with Crippen molar-refractivity contribution in [3.63, 3.8) is 0 Å². The molecule has 3 nitrogen and oxygen atoms in total. The van der Waals surface area contributed by atoms with E-state index in [9.17, 15) is 4.79 Å². The maximum absolute atomic E-state index is 10.6. The van der Waals surface area contributed by atoms with Crippen LogP contribution in [0.5, 0.6) is 0 Å². The topological polar surface area (TPSA) is 34.9 Å². The first-order valence-corrected chi connectivity index (χ1v) is 4.16. The molecule has 0 saturated carbocycles. The van der Waals surface area contributed by atoms with E-state index in [0.717, 1.165) is 17.2 Å². The van der Waals surface area contributed by atoms with Crippen LogP contribution in [0.2, 0.25) is 5.02 Å². The second kappa shape index (κ2) is 2.85. The number of nitrogens with zero attached hydrogens (tertiary/aromatic N) is 2. The first-order chi connectivity index (χ1) is 6.22. The van der Waals surface area contributed by atoms with Crippen LogP contribution in [0.15, 0.2) is 18.3 Å². The van der Waals surface area contributed by atoms with E-state index in [-0.39, 0.29) is 0 Å². The fourth-order valence-electron chi connectivity index (χ4n) is 1.28. The Balaban J connectivity index is 2.83. The van der Waals surface area contributed by atoms with Crippen molar-refractivity contribution in [3.05, 3.63) is 28.9 Å². The maximum Gasteiger partial charge on any atom is 0.151 e. The van der Waals surface area contributed by atoms with Crippen LogP contribution in [-0.4, -0.2) is 16.1 Å². The van der Waals surface area contributed by atoms with Crippen molar-refractivity contribution in [2.75, 3.05) is 0 Å². The lowest BCUT2D eigenvalue weighted by Crippen LogP contribution is -1.89. The van der Waals surface area contributed by atoms with Crippen LogP contribution in [0.25, 0.3) is 10.9 Å². The number of fused-ring (bicyclic) bond motifs is 1. The summed E-state index contributed by atoms with van der Waals surface area (Å²) in [6.45, 7) is 0. The Hall–Kier alpha value is -1.35. The van der Waals surface area contributed by atoms with Gasteiger partial charge < -0.3 is 0 Å². The molecule has 2 aromatic rings. The third-order valence-electron chi connectivity index (χ3n) is 1.99. The number of rotatable bonds is 1. The third kappa shape index (κ3) is 1.21. The smallest absolute Gasteiger partial charge is 0.151 e. The molecule has 0 aliphatic carbocycles. The van der Waals surface area contributed by atoms with Crippen LogP contribution >= 0.6 is 11.6 Å². The van der Waals surface area contributed by atoms with E-state index in [0.29, 0.717) is 10.6 Å². The molecule has 0 amide bonds. The SMILES string of the molecule is Cn1ncc2cc(C=O)c(Cl)cc21. The predicted octanol–water partition coefficient (Wildman–Crippen LogP) is 2.04. The van der Waals surface area contributed by atoms with E-state index in [2.05, 4.69) is 5.10 Å². The molecule has 1 heterocycles. The third-order valence-corrected chi connectivity index (χ3v) is 2.32. The Morgan fingerprint density at radius 1 is 1.54 bits per heavy atom. The number of carbonyl (C=O) groups is 1. The first-order valence-electron chi connectivity index (χ1n) is 3.79. The lowest BCUT2D eigenvalue weighted by Gasteiger charge is -1.97. The summed E-state index contributed by atoms with van der Waals surface area (Å²) in [5, 5.41) is 5.44. The van der Waals surface area contributed by atoms with Gasteiger partial charge in [0.2, 0.25) is 0 Å². The minimum atomic E-state index is 0.464. The zero-order valence-electron chi connectivity index (χ0n) is 6.99. The average molecular weight is 195 g/mol. The van der Waals surface area contributed by atoms with Gasteiger partial charge in [0.05, 0.1) is 16.7 Å². The Morgan fingerprint density at radius 2 is 2.31 bits per heavy atom. The first kappa shape index (κ1) is 8.26. The van der Waals surface area contributed by atoms with E-state index in [1.165, 1.54) is 0 Å². The summed E-state index contributed by atoms with van der Waals surface area (Å²) in [4.78, 5) is 10.6. The highest BCUT2D eigenvalue weighted by molar-refractivity contribution is 6.33. The molecule has 0 bridgehead atoms. The molecule has 0 N–H and O–H groups in total. The van der Waals surface area contributed by atoms with Gasteiger partial charge in [0.1, 0.15) is 0 Å². The van der Waals surface area contributed by atoms with Gasteiger partial charge in [-0.3, -0.25) is 9.48 Å². The summed E-state index contributed by atoms with van der Waals surface area (Å²) < 4.78 is 1.72. The van der Waals surface area contributed by atoms with Crippen LogP contribution in [0.4, 0.5) is 0 Å². The van der Waals surface area contributed by atoms with Crippen molar-refractivity contribution < 1.29 is 4.79 Å². The molecule has 13 heavy (non-hydrogen) atoms. The minimum absolute atomic E-state index is 0.464. The Kier molecular flexibility index (Phi) is 1.81. The Morgan fingerprint density at radius 3 is 3.00 bits per heavy atom. The van der Waals surface area contributed by atoms with Crippen molar-refractivity contribution in [2.24, 2.45) is 7.05 Å². The van der Waals surface area contributed by atoms with E-state index >= 15 is 0 Å². The lowest BCUT2D eigenvalue weighted by molar-refractivity contribution is 0.112. The van der Waals surface area contributed by atoms with Crippen molar-refractivity contribution in [2.45, 2.75) is 0 Å². The fraction of sp³-hybridized carbons (Fsp3) is 0.111. The van der Waals surface area contributed by atoms with Crippen LogP contribution in [0.3, 0.4) is 0 Å². The van der Waals surface area contributed by atoms with Crippen LogP contribution in [0.1, 0.15) is 10.4 Å². The molecule has 2 rings (SSSR count). The van der Waals surface area contributed by atoms with Crippen molar-refractivity contribution in [1.29, 1.82) is 0 Å². The van der Waals surface area contributed by atoms with Gasteiger partial charge in [-0.05, 0) is 12.1 Å². The molecule has 0 atom stereocenters. The van der Waals surface area contributed by atoms with Gasteiger partial charge in [-0.1, -0.05) is 11.6 Å². The predicted molar refractivity (Wildman–Crippen MR) is 51.1 cm³/mol. The van der Waals surface area contributed by atoms with E-state index in [4.69, 9.17) is 11.6 Å². The number of carbonyl (C=O) groups excluding carboxylic acids is 1. The summed E-state index contributed by atoms with van der Waals surface area (Å²) in [7, 11) is 1.83. The normalized spacial score (nSPS) is 10.6. The zero-order chi connectivity index (χ0) is 9.42.